The molecule has 0 amide bonds. The highest BCUT2D eigenvalue weighted by Crippen LogP contribution is 2.33. The number of hydrogen-bond donors (Lipinski definition) is 0. The summed E-state index contributed by atoms with van der Waals surface area (Å²) in [5.41, 5.74) is 4.63. The summed E-state index contributed by atoms with van der Waals surface area (Å²) in [5.74, 6) is 0. The Morgan fingerprint density at radius 2 is 1.24 bits per heavy atom. The van der Waals surface area contributed by atoms with Crippen molar-refractivity contribution in [1.82, 2.24) is 0 Å². The summed E-state index contributed by atoms with van der Waals surface area (Å²) in [4.78, 5) is 4.85. The Morgan fingerprint density at radius 1 is 0.655 bits per heavy atom. The second-order valence-electron chi connectivity index (χ2n) is 7.11. The van der Waals surface area contributed by atoms with E-state index in [4.69, 9.17) is 4.99 Å². The zero-order valence-electron chi connectivity index (χ0n) is 16.8. The van der Waals surface area contributed by atoms with Crippen LogP contribution in [0.15, 0.2) is 108 Å². The summed E-state index contributed by atoms with van der Waals surface area (Å²) in [6.07, 6.45) is 2.03. The topological polar surface area (TPSA) is 12.4 Å². The molecule has 0 fully saturated rings. The third-order valence-corrected chi connectivity index (χ3v) is 7.43. The van der Waals surface area contributed by atoms with E-state index in [0.717, 1.165) is 5.69 Å². The molecule has 4 rings (SSSR count). The first-order valence-electron chi connectivity index (χ1n) is 9.83. The normalized spacial score (nSPS) is 11.3. The predicted molar refractivity (Wildman–Crippen MR) is 128 cm³/mol. The van der Waals surface area contributed by atoms with Gasteiger partial charge in [-0.25, -0.2) is 0 Å². The lowest BCUT2D eigenvalue weighted by Crippen LogP contribution is -2.23. The lowest BCUT2D eigenvalue weighted by molar-refractivity contribution is 1.35. The molecular weight excluding hydrogens is 369 g/mol. The molecule has 2 heteroatoms. The molecule has 0 saturated heterocycles. The van der Waals surface area contributed by atoms with Gasteiger partial charge in [-0.15, -0.1) is 0 Å². The Balaban J connectivity index is 1.81. The molecule has 0 spiro atoms. The van der Waals surface area contributed by atoms with Crippen molar-refractivity contribution in [2.24, 2.45) is 4.99 Å². The van der Waals surface area contributed by atoms with Crippen molar-refractivity contribution in [3.63, 3.8) is 0 Å². The number of aliphatic imine (C=N–C) groups is 1. The molecule has 0 bridgehead atoms. The minimum Gasteiger partial charge on any atom is -0.256 e. The van der Waals surface area contributed by atoms with E-state index in [1.54, 1.807) is 0 Å². The summed E-state index contributed by atoms with van der Waals surface area (Å²) in [5, 5.41) is 4.02. The molecule has 29 heavy (non-hydrogen) atoms. The van der Waals surface area contributed by atoms with Crippen LogP contribution in [0.1, 0.15) is 16.7 Å². The van der Waals surface area contributed by atoms with E-state index >= 15 is 0 Å². The third kappa shape index (κ3) is 4.53. The minimum atomic E-state index is -0.652. The SMILES string of the molecule is Cc1ccc(C)c(N=Cc2ccccc2P(c2ccccc2)c2ccccc2)c1. The predicted octanol–water partition coefficient (Wildman–Crippen LogP) is 5.81. The van der Waals surface area contributed by atoms with E-state index in [9.17, 15) is 0 Å². The van der Waals surface area contributed by atoms with Crippen LogP contribution in [-0.2, 0) is 0 Å². The van der Waals surface area contributed by atoms with Crippen molar-refractivity contribution in [2.75, 3.05) is 0 Å². The highest BCUT2D eigenvalue weighted by Gasteiger charge is 2.18. The van der Waals surface area contributed by atoms with Crippen LogP contribution in [0.25, 0.3) is 0 Å². The number of nitrogens with zero attached hydrogens (tertiary/aromatic N) is 1. The van der Waals surface area contributed by atoms with Crippen LogP contribution in [0.3, 0.4) is 0 Å². The zero-order chi connectivity index (χ0) is 20.1. The average molecular weight is 393 g/mol. The van der Waals surface area contributed by atoms with Gasteiger partial charge in [0, 0.05) is 11.8 Å². The Kier molecular flexibility index (Phi) is 5.98. The monoisotopic (exact) mass is 393 g/mol. The van der Waals surface area contributed by atoms with E-state index in [2.05, 4.69) is 117 Å². The molecule has 0 N–H and O–H groups in total. The number of aryl methyl sites for hydroxylation is 2. The fourth-order valence-electron chi connectivity index (χ4n) is 3.38. The summed E-state index contributed by atoms with van der Waals surface area (Å²) in [6, 6.07) is 36.6. The smallest absolute Gasteiger partial charge is 0.0661 e. The van der Waals surface area contributed by atoms with E-state index in [1.165, 1.54) is 32.6 Å². The fraction of sp³-hybridized carbons (Fsp3) is 0.0741. The standard InChI is InChI=1S/C27H24NP/c1-21-17-18-22(2)26(19-21)28-20-23-11-9-10-16-27(23)29(24-12-5-3-6-13-24)25-14-7-4-8-15-25/h3-20H,1-2H3. The average Bonchev–Trinajstić information content (AvgIpc) is 2.77. The molecule has 1 nitrogen and oxygen atoms in total. The molecule has 4 aromatic carbocycles. The Hall–Kier alpha value is -3.02. The molecule has 0 saturated carbocycles. The number of hydrogen-bond acceptors (Lipinski definition) is 1. The van der Waals surface area contributed by atoms with Crippen LogP contribution < -0.4 is 15.9 Å². The van der Waals surface area contributed by atoms with Crippen molar-refractivity contribution in [3.05, 3.63) is 120 Å². The van der Waals surface area contributed by atoms with Gasteiger partial charge in [-0.1, -0.05) is 97.1 Å². The first-order chi connectivity index (χ1) is 14.2. The van der Waals surface area contributed by atoms with Gasteiger partial charge in [0.1, 0.15) is 0 Å². The lowest BCUT2D eigenvalue weighted by Gasteiger charge is -2.21. The fourth-order valence-corrected chi connectivity index (χ4v) is 5.80. The highest BCUT2D eigenvalue weighted by atomic mass is 31.1. The van der Waals surface area contributed by atoms with Crippen LogP contribution in [0.5, 0.6) is 0 Å². The first kappa shape index (κ1) is 19.3. The molecule has 0 radical (unpaired) electrons. The van der Waals surface area contributed by atoms with E-state index in [1.807, 2.05) is 6.21 Å². The molecule has 4 aromatic rings. The second kappa shape index (κ2) is 8.99. The first-order valence-corrected chi connectivity index (χ1v) is 11.2. The van der Waals surface area contributed by atoms with Gasteiger partial charge < -0.3 is 0 Å². The van der Waals surface area contributed by atoms with Gasteiger partial charge in [0.15, 0.2) is 0 Å². The summed E-state index contributed by atoms with van der Waals surface area (Å²) < 4.78 is 0. The third-order valence-electron chi connectivity index (χ3n) is 4.91. The largest absolute Gasteiger partial charge is 0.256 e. The summed E-state index contributed by atoms with van der Waals surface area (Å²) in [6.45, 7) is 4.22. The number of benzene rings is 4. The Morgan fingerprint density at radius 3 is 1.90 bits per heavy atom. The second-order valence-corrected chi connectivity index (χ2v) is 9.30. The quantitative estimate of drug-likeness (QED) is 0.300. The van der Waals surface area contributed by atoms with Gasteiger partial charge in [-0.2, -0.15) is 0 Å². The molecule has 0 unspecified atom stereocenters. The van der Waals surface area contributed by atoms with Crippen molar-refractivity contribution in [2.45, 2.75) is 13.8 Å². The molecular formula is C27H24NP. The Bertz CT molecular complexity index is 1080. The molecule has 0 aliphatic carbocycles. The maximum Gasteiger partial charge on any atom is 0.0661 e. The van der Waals surface area contributed by atoms with Crippen molar-refractivity contribution < 1.29 is 0 Å². The van der Waals surface area contributed by atoms with E-state index < -0.39 is 7.92 Å². The Labute approximate surface area is 174 Å². The zero-order valence-corrected chi connectivity index (χ0v) is 17.7. The van der Waals surface area contributed by atoms with Gasteiger partial charge in [0.25, 0.3) is 0 Å². The van der Waals surface area contributed by atoms with E-state index in [0.29, 0.717) is 0 Å². The van der Waals surface area contributed by atoms with Gasteiger partial charge in [0.2, 0.25) is 0 Å². The van der Waals surface area contributed by atoms with Crippen LogP contribution in [-0.4, -0.2) is 6.21 Å². The summed E-state index contributed by atoms with van der Waals surface area (Å²) >= 11 is 0. The van der Waals surface area contributed by atoms with Gasteiger partial charge in [-0.05, 0) is 54.9 Å². The van der Waals surface area contributed by atoms with Crippen LogP contribution in [0.4, 0.5) is 5.69 Å². The maximum absolute atomic E-state index is 4.85. The van der Waals surface area contributed by atoms with Crippen molar-refractivity contribution in [1.29, 1.82) is 0 Å². The molecule has 0 aliphatic rings. The van der Waals surface area contributed by atoms with Crippen molar-refractivity contribution >= 4 is 35.7 Å². The van der Waals surface area contributed by atoms with Crippen LogP contribution >= 0.6 is 7.92 Å². The van der Waals surface area contributed by atoms with Crippen molar-refractivity contribution in [3.8, 4) is 0 Å². The molecule has 142 valence electrons. The molecule has 0 aromatic heterocycles. The summed E-state index contributed by atoms with van der Waals surface area (Å²) in [7, 11) is -0.652. The molecule has 0 atom stereocenters. The number of rotatable bonds is 5. The van der Waals surface area contributed by atoms with Gasteiger partial charge in [-0.3, -0.25) is 4.99 Å². The van der Waals surface area contributed by atoms with Crippen LogP contribution in [0.2, 0.25) is 0 Å². The molecule has 0 heterocycles. The lowest BCUT2D eigenvalue weighted by atomic mass is 10.1. The highest BCUT2D eigenvalue weighted by molar-refractivity contribution is 7.80. The van der Waals surface area contributed by atoms with E-state index in [-0.39, 0.29) is 0 Å². The maximum atomic E-state index is 4.85. The van der Waals surface area contributed by atoms with Gasteiger partial charge >= 0.3 is 0 Å². The molecule has 0 aliphatic heterocycles. The minimum absolute atomic E-state index is 0.652. The van der Waals surface area contributed by atoms with Crippen LogP contribution in [0, 0.1) is 13.8 Å². The van der Waals surface area contributed by atoms with Gasteiger partial charge in [0.05, 0.1) is 5.69 Å².